The van der Waals surface area contributed by atoms with Crippen molar-refractivity contribution in [3.05, 3.63) is 56.9 Å². The van der Waals surface area contributed by atoms with Crippen LogP contribution in [0, 0.1) is 0 Å². The second kappa shape index (κ2) is 5.98. The number of nitrogens with one attached hydrogen (secondary N) is 2. The van der Waals surface area contributed by atoms with Crippen molar-refractivity contribution in [1.29, 1.82) is 0 Å². The summed E-state index contributed by atoms with van der Waals surface area (Å²) in [7, 11) is 0. The van der Waals surface area contributed by atoms with Crippen LogP contribution in [-0.4, -0.2) is 21.1 Å². The van der Waals surface area contributed by atoms with E-state index in [9.17, 15) is 4.79 Å². The van der Waals surface area contributed by atoms with Gasteiger partial charge in [-0.05, 0) is 17.5 Å². The molecule has 3 aromatic rings. The van der Waals surface area contributed by atoms with Gasteiger partial charge >= 0.3 is 0 Å². The summed E-state index contributed by atoms with van der Waals surface area (Å²) < 4.78 is 0. The van der Waals surface area contributed by atoms with Gasteiger partial charge in [0.05, 0.1) is 6.04 Å². The molecule has 0 aliphatic rings. The predicted molar refractivity (Wildman–Crippen MR) is 78.9 cm³/mol. The minimum absolute atomic E-state index is 0.121. The number of aromatic nitrogens is 3. The van der Waals surface area contributed by atoms with Crippen molar-refractivity contribution < 1.29 is 4.79 Å². The van der Waals surface area contributed by atoms with E-state index < -0.39 is 0 Å². The van der Waals surface area contributed by atoms with E-state index in [2.05, 4.69) is 26.6 Å². The van der Waals surface area contributed by atoms with Gasteiger partial charge < -0.3 is 5.32 Å². The van der Waals surface area contributed by atoms with Crippen molar-refractivity contribution in [1.82, 2.24) is 20.5 Å². The highest BCUT2D eigenvalue weighted by atomic mass is 32.1. The third-order valence-corrected chi connectivity index (χ3v) is 4.57. The first-order chi connectivity index (χ1) is 9.83. The van der Waals surface area contributed by atoms with Gasteiger partial charge in [-0.1, -0.05) is 6.07 Å². The minimum Gasteiger partial charge on any atom is -0.341 e. The summed E-state index contributed by atoms with van der Waals surface area (Å²) in [5.41, 5.74) is 0.456. The molecular weight excluding hydrogens is 292 g/mol. The number of H-pyrrole nitrogens is 1. The number of hydrogen-bond acceptors (Lipinski definition) is 5. The third kappa shape index (κ3) is 2.94. The fourth-order valence-electron chi connectivity index (χ4n) is 1.85. The minimum atomic E-state index is -0.167. The summed E-state index contributed by atoms with van der Waals surface area (Å²) in [5, 5.41) is 14.3. The quantitative estimate of drug-likeness (QED) is 0.761. The SMILES string of the molecule is O=C(N[C@@H](Cc1cccs1)c1nccs1)c1ccn[nH]1. The molecule has 0 aliphatic carbocycles. The van der Waals surface area contributed by atoms with E-state index >= 15 is 0 Å². The second-order valence-electron chi connectivity index (χ2n) is 4.15. The van der Waals surface area contributed by atoms with Crippen LogP contribution in [-0.2, 0) is 6.42 Å². The van der Waals surface area contributed by atoms with Crippen LogP contribution in [0.1, 0.15) is 26.4 Å². The van der Waals surface area contributed by atoms with Gasteiger partial charge in [-0.25, -0.2) is 4.98 Å². The summed E-state index contributed by atoms with van der Waals surface area (Å²) in [4.78, 5) is 17.7. The van der Waals surface area contributed by atoms with Crippen LogP contribution < -0.4 is 5.32 Å². The Morgan fingerprint density at radius 2 is 2.25 bits per heavy atom. The lowest BCUT2D eigenvalue weighted by atomic mass is 10.2. The number of carbonyl (C=O) groups is 1. The Kier molecular flexibility index (Phi) is 3.89. The van der Waals surface area contributed by atoms with Crippen LogP contribution in [0.25, 0.3) is 0 Å². The number of aromatic amines is 1. The molecule has 0 spiro atoms. The van der Waals surface area contributed by atoms with Crippen molar-refractivity contribution in [2.24, 2.45) is 0 Å². The Hall–Kier alpha value is -1.99. The lowest BCUT2D eigenvalue weighted by molar-refractivity contribution is 0.0931. The maximum atomic E-state index is 12.1. The van der Waals surface area contributed by atoms with Gasteiger partial charge in [-0.3, -0.25) is 9.89 Å². The van der Waals surface area contributed by atoms with Crippen molar-refractivity contribution >= 4 is 28.6 Å². The van der Waals surface area contributed by atoms with Crippen LogP contribution in [0.3, 0.4) is 0 Å². The van der Waals surface area contributed by atoms with Gasteiger partial charge in [0.2, 0.25) is 0 Å². The summed E-state index contributed by atoms with van der Waals surface area (Å²) in [5.74, 6) is -0.167. The van der Waals surface area contributed by atoms with E-state index in [0.717, 1.165) is 11.4 Å². The molecule has 3 heterocycles. The van der Waals surface area contributed by atoms with E-state index in [1.807, 2.05) is 16.8 Å². The Labute approximate surface area is 123 Å². The molecule has 0 radical (unpaired) electrons. The smallest absolute Gasteiger partial charge is 0.269 e. The molecule has 1 amide bonds. The Bertz CT molecular complexity index is 647. The first-order valence-corrected chi connectivity index (χ1v) is 7.81. The van der Waals surface area contributed by atoms with Crippen molar-refractivity contribution in [2.45, 2.75) is 12.5 Å². The maximum Gasteiger partial charge on any atom is 0.269 e. The molecule has 0 unspecified atom stereocenters. The molecule has 2 N–H and O–H groups in total. The van der Waals surface area contributed by atoms with Crippen LogP contribution in [0.4, 0.5) is 0 Å². The van der Waals surface area contributed by atoms with Gasteiger partial charge in [-0.2, -0.15) is 5.10 Å². The first-order valence-electron chi connectivity index (χ1n) is 6.05. The third-order valence-electron chi connectivity index (χ3n) is 2.79. The molecule has 0 saturated heterocycles. The van der Waals surface area contributed by atoms with Crippen LogP contribution in [0.5, 0.6) is 0 Å². The highest BCUT2D eigenvalue weighted by Gasteiger charge is 2.19. The van der Waals surface area contributed by atoms with E-state index in [-0.39, 0.29) is 11.9 Å². The molecule has 7 heteroatoms. The molecule has 20 heavy (non-hydrogen) atoms. The van der Waals surface area contributed by atoms with Crippen molar-refractivity contribution in [2.75, 3.05) is 0 Å². The standard InChI is InChI=1S/C13H12N4OS2/c18-12(10-3-4-15-17-10)16-11(13-14-5-7-20-13)8-9-2-1-6-19-9/h1-7,11H,8H2,(H,15,17)(H,16,18)/t11-/m0/s1. The Morgan fingerprint density at radius 1 is 1.30 bits per heavy atom. The number of amides is 1. The molecule has 0 aromatic carbocycles. The largest absolute Gasteiger partial charge is 0.341 e. The highest BCUT2D eigenvalue weighted by molar-refractivity contribution is 7.10. The Morgan fingerprint density at radius 3 is 2.90 bits per heavy atom. The van der Waals surface area contributed by atoms with Crippen LogP contribution in [0.2, 0.25) is 0 Å². The van der Waals surface area contributed by atoms with Crippen LogP contribution in [0.15, 0.2) is 41.4 Å². The molecular formula is C13H12N4OS2. The van der Waals surface area contributed by atoms with Gasteiger partial charge in [-0.15, -0.1) is 22.7 Å². The lowest BCUT2D eigenvalue weighted by Gasteiger charge is -2.15. The fraction of sp³-hybridized carbons (Fsp3) is 0.154. The average molecular weight is 304 g/mol. The van der Waals surface area contributed by atoms with Gasteiger partial charge in [0.15, 0.2) is 0 Å². The molecule has 5 nitrogen and oxygen atoms in total. The topological polar surface area (TPSA) is 70.7 Å². The number of carbonyl (C=O) groups excluding carboxylic acids is 1. The maximum absolute atomic E-state index is 12.1. The van der Waals surface area contributed by atoms with E-state index in [4.69, 9.17) is 0 Å². The van der Waals surface area contributed by atoms with Crippen molar-refractivity contribution in [3.63, 3.8) is 0 Å². The number of nitrogens with zero attached hydrogens (tertiary/aromatic N) is 2. The summed E-state index contributed by atoms with van der Waals surface area (Å²) in [6.07, 6.45) is 4.06. The molecule has 0 aliphatic heterocycles. The molecule has 1 atom stereocenters. The summed E-state index contributed by atoms with van der Waals surface area (Å²) >= 11 is 3.22. The summed E-state index contributed by atoms with van der Waals surface area (Å²) in [6.45, 7) is 0. The Balaban J connectivity index is 1.77. The zero-order valence-corrected chi connectivity index (χ0v) is 12.1. The number of thiophene rings is 1. The molecule has 0 bridgehead atoms. The molecule has 0 fully saturated rings. The zero-order valence-electron chi connectivity index (χ0n) is 10.4. The number of rotatable bonds is 5. The monoisotopic (exact) mass is 304 g/mol. The van der Waals surface area contributed by atoms with E-state index in [1.54, 1.807) is 41.1 Å². The lowest BCUT2D eigenvalue weighted by Crippen LogP contribution is -2.30. The van der Waals surface area contributed by atoms with E-state index in [1.165, 1.54) is 4.88 Å². The predicted octanol–water partition coefficient (Wildman–Crippen LogP) is 2.64. The van der Waals surface area contributed by atoms with Gasteiger partial charge in [0.1, 0.15) is 10.7 Å². The van der Waals surface area contributed by atoms with Gasteiger partial charge in [0, 0.05) is 29.1 Å². The zero-order chi connectivity index (χ0) is 13.8. The van der Waals surface area contributed by atoms with Gasteiger partial charge in [0.25, 0.3) is 5.91 Å². The molecule has 3 rings (SSSR count). The number of thiazole rings is 1. The normalized spacial score (nSPS) is 12.2. The molecule has 102 valence electrons. The first kappa shape index (κ1) is 13.0. The fourth-order valence-corrected chi connectivity index (χ4v) is 3.30. The van der Waals surface area contributed by atoms with Crippen molar-refractivity contribution in [3.8, 4) is 0 Å². The second-order valence-corrected chi connectivity index (χ2v) is 6.11. The van der Waals surface area contributed by atoms with Crippen LogP contribution >= 0.6 is 22.7 Å². The summed E-state index contributed by atoms with van der Waals surface area (Å²) in [6, 6.07) is 5.60. The highest BCUT2D eigenvalue weighted by Crippen LogP contribution is 2.23. The van der Waals surface area contributed by atoms with E-state index in [0.29, 0.717) is 5.69 Å². The molecule has 3 aromatic heterocycles. The molecule has 0 saturated carbocycles. The number of hydrogen-bond donors (Lipinski definition) is 2. The average Bonchev–Trinajstić information content (AvgIpc) is 3.20.